The maximum absolute atomic E-state index is 12.0. The van der Waals surface area contributed by atoms with E-state index in [1.54, 1.807) is 24.3 Å². The van der Waals surface area contributed by atoms with Gasteiger partial charge in [0.15, 0.2) is 0 Å². The Balaban J connectivity index is 0.000000208. The summed E-state index contributed by atoms with van der Waals surface area (Å²) >= 11 is 3.31. The van der Waals surface area contributed by atoms with Gasteiger partial charge >= 0.3 is 19.1 Å². The number of nitrogens with zero attached hydrogens (tertiary/aromatic N) is 6. The van der Waals surface area contributed by atoms with Crippen molar-refractivity contribution < 1.29 is 28.4 Å². The van der Waals surface area contributed by atoms with Crippen LogP contribution in [0, 0.1) is 0 Å². The molecule has 0 N–H and O–H groups in total. The second-order valence-electron chi connectivity index (χ2n) is 18.0. The van der Waals surface area contributed by atoms with Crippen molar-refractivity contribution in [1.82, 2.24) is 0 Å². The van der Waals surface area contributed by atoms with E-state index in [-0.39, 0.29) is 30.3 Å². The van der Waals surface area contributed by atoms with Crippen molar-refractivity contribution in [3.63, 3.8) is 0 Å². The Morgan fingerprint density at radius 3 is 1.16 bits per heavy atom. The van der Waals surface area contributed by atoms with Crippen LogP contribution in [-0.2, 0) is 18.8 Å². The molecule has 0 saturated carbocycles. The largest absolute Gasteiger partial charge is 0.494 e. The summed E-state index contributed by atoms with van der Waals surface area (Å²) in [6, 6.07) is 46.2. The van der Waals surface area contributed by atoms with Crippen LogP contribution < -0.4 is 15.3 Å². The molecule has 0 unspecified atom stereocenters. The monoisotopic (exact) mass is 1010 g/mol. The lowest BCUT2D eigenvalue weighted by Gasteiger charge is -2.32. The van der Waals surface area contributed by atoms with E-state index >= 15 is 0 Å². The Hall–Kier alpha value is -6.48. The highest BCUT2D eigenvalue weighted by Crippen LogP contribution is 2.36. The van der Waals surface area contributed by atoms with E-state index in [1.807, 2.05) is 154 Å². The lowest BCUT2D eigenvalue weighted by molar-refractivity contribution is 0.00578. The quantitative estimate of drug-likeness (QED) is 0.0406. The molecule has 12 nitrogen and oxygen atoms in total. The normalized spacial score (nSPS) is 13.5. The summed E-state index contributed by atoms with van der Waals surface area (Å²) < 4.78 is 23.4. The molecular formula is C56H66BBrN6O6. The van der Waals surface area contributed by atoms with Gasteiger partial charge in [0.1, 0.15) is 0 Å². The van der Waals surface area contributed by atoms with E-state index < -0.39 is 0 Å². The van der Waals surface area contributed by atoms with E-state index in [0.29, 0.717) is 24.3 Å². The first-order valence-corrected chi connectivity index (χ1v) is 24.4. The van der Waals surface area contributed by atoms with Crippen LogP contribution in [0.3, 0.4) is 0 Å². The second-order valence-corrected chi connectivity index (χ2v) is 18.9. The van der Waals surface area contributed by atoms with Crippen molar-refractivity contribution in [1.29, 1.82) is 0 Å². The molecule has 1 saturated heterocycles. The summed E-state index contributed by atoms with van der Waals surface area (Å²) in [7, 11) is 7.68. The van der Waals surface area contributed by atoms with Gasteiger partial charge in [0.2, 0.25) is 0 Å². The number of rotatable bonds is 16. The predicted octanol–water partition coefficient (Wildman–Crippen LogP) is 14.7. The molecule has 0 aromatic heterocycles. The Labute approximate surface area is 423 Å². The SMILES string of the molecule is CCCCOC(=O)c1ccc(-c2ccc(N=Nc3ccc(N(C)C)cc3)cc2)cc1.CCCCOC(=O)c1ccc(Br)cc1.CN(C)c1ccc(N=Nc2ccc(B3OC(C)(C)C(C)(C)O3)cc2)cc1. The number of hydrogen-bond donors (Lipinski definition) is 0. The van der Waals surface area contributed by atoms with E-state index in [0.717, 1.165) is 80.9 Å². The molecule has 0 spiro atoms. The van der Waals surface area contributed by atoms with Gasteiger partial charge in [-0.25, -0.2) is 9.59 Å². The third-order valence-corrected chi connectivity index (χ3v) is 12.1. The third kappa shape index (κ3) is 16.6. The molecule has 1 heterocycles. The van der Waals surface area contributed by atoms with Gasteiger partial charge in [-0.3, -0.25) is 0 Å². The molecule has 366 valence electrons. The average Bonchev–Trinajstić information content (AvgIpc) is 3.59. The van der Waals surface area contributed by atoms with Crippen molar-refractivity contribution in [3.8, 4) is 11.1 Å². The van der Waals surface area contributed by atoms with Gasteiger partial charge in [-0.15, -0.1) is 0 Å². The highest BCUT2D eigenvalue weighted by atomic mass is 79.9. The molecule has 1 aliphatic rings. The van der Waals surface area contributed by atoms with Crippen LogP contribution >= 0.6 is 15.9 Å². The van der Waals surface area contributed by atoms with E-state index in [4.69, 9.17) is 18.8 Å². The number of carbonyl (C=O) groups is 2. The predicted molar refractivity (Wildman–Crippen MR) is 288 cm³/mol. The van der Waals surface area contributed by atoms with Crippen LogP contribution in [-0.4, -0.2) is 71.7 Å². The van der Waals surface area contributed by atoms with Gasteiger partial charge in [-0.2, -0.15) is 20.5 Å². The van der Waals surface area contributed by atoms with Gasteiger partial charge in [-0.05, 0) is 166 Å². The molecule has 6 aromatic carbocycles. The number of hydrogen-bond acceptors (Lipinski definition) is 12. The van der Waals surface area contributed by atoms with Gasteiger partial charge in [0.25, 0.3) is 0 Å². The summed E-state index contributed by atoms with van der Waals surface area (Å²) in [5.74, 6) is -0.518. The number of esters is 2. The van der Waals surface area contributed by atoms with E-state index in [9.17, 15) is 9.59 Å². The molecule has 0 radical (unpaired) electrons. The van der Waals surface area contributed by atoms with Crippen LogP contribution in [0.2, 0.25) is 0 Å². The number of azo groups is 2. The first-order chi connectivity index (χ1) is 33.5. The standard InChI is InChI=1S/C25H27N3O2.C20H26BN3O2.C11H13BrO2/c1-4-5-18-30-25(29)21-8-6-19(7-9-21)20-10-12-22(13-11-20)26-27-23-14-16-24(17-15-23)28(2)3;1-19(2)20(3,4)26-21(25-19)15-7-9-16(10-8-15)22-23-17-11-13-18(14-12-17)24(5)6;1-2-3-8-14-11(13)9-4-6-10(12)7-5-9/h6-17H,4-5,18H2,1-3H3;7-14H,1-6H3;4-7H,2-3,8H2,1H3. The zero-order valence-electron chi connectivity index (χ0n) is 42.2. The zero-order chi connectivity index (χ0) is 50.7. The van der Waals surface area contributed by atoms with Gasteiger partial charge in [-0.1, -0.05) is 79.0 Å². The topological polar surface area (TPSA) is 127 Å². The van der Waals surface area contributed by atoms with Crippen LogP contribution in [0.15, 0.2) is 171 Å². The fourth-order valence-electron chi connectivity index (χ4n) is 6.43. The van der Waals surface area contributed by atoms with E-state index in [2.05, 4.69) is 82.8 Å². The first kappa shape index (κ1) is 54.5. The Morgan fingerprint density at radius 1 is 0.500 bits per heavy atom. The van der Waals surface area contributed by atoms with Crippen molar-refractivity contribution in [2.45, 2.75) is 78.4 Å². The molecule has 6 aromatic rings. The fourth-order valence-corrected chi connectivity index (χ4v) is 6.70. The number of carbonyl (C=O) groups excluding carboxylic acids is 2. The first-order valence-electron chi connectivity index (χ1n) is 23.6. The summed E-state index contributed by atoms with van der Waals surface area (Å²) in [5, 5.41) is 17.2. The van der Waals surface area contributed by atoms with E-state index in [1.165, 1.54) is 0 Å². The molecule has 0 atom stereocenters. The van der Waals surface area contributed by atoms with Crippen LogP contribution in [0.1, 0.15) is 87.9 Å². The van der Waals surface area contributed by atoms with Gasteiger partial charge < -0.3 is 28.6 Å². The molecule has 0 amide bonds. The number of unbranched alkanes of at least 4 members (excludes halogenated alkanes) is 2. The summed E-state index contributed by atoms with van der Waals surface area (Å²) in [6.07, 6.45) is 3.84. The minimum absolute atomic E-state index is 0.244. The van der Waals surface area contributed by atoms with Gasteiger partial charge in [0, 0.05) is 44.0 Å². The van der Waals surface area contributed by atoms with Crippen molar-refractivity contribution in [2.24, 2.45) is 20.5 Å². The molecule has 1 fully saturated rings. The highest BCUT2D eigenvalue weighted by Gasteiger charge is 2.51. The molecule has 0 bridgehead atoms. The molecule has 7 rings (SSSR count). The molecule has 70 heavy (non-hydrogen) atoms. The van der Waals surface area contributed by atoms with Crippen LogP contribution in [0.4, 0.5) is 34.1 Å². The lowest BCUT2D eigenvalue weighted by atomic mass is 9.79. The summed E-state index contributed by atoms with van der Waals surface area (Å²) in [5.41, 5.74) is 9.03. The summed E-state index contributed by atoms with van der Waals surface area (Å²) in [6.45, 7) is 13.3. The zero-order valence-corrected chi connectivity index (χ0v) is 43.8. The van der Waals surface area contributed by atoms with Crippen molar-refractivity contribution in [3.05, 3.63) is 161 Å². The smallest absolute Gasteiger partial charge is 0.462 e. The lowest BCUT2D eigenvalue weighted by Crippen LogP contribution is -2.41. The van der Waals surface area contributed by atoms with Crippen LogP contribution in [0.5, 0.6) is 0 Å². The maximum Gasteiger partial charge on any atom is 0.494 e. The fraction of sp³-hybridized carbons (Fsp3) is 0.321. The van der Waals surface area contributed by atoms with Crippen LogP contribution in [0.25, 0.3) is 11.1 Å². The Kier molecular flexibility index (Phi) is 20.6. The Morgan fingerprint density at radius 2 is 0.814 bits per heavy atom. The summed E-state index contributed by atoms with van der Waals surface area (Å²) in [4.78, 5) is 27.5. The number of anilines is 2. The average molecular weight is 1010 g/mol. The number of ether oxygens (including phenoxy) is 2. The van der Waals surface area contributed by atoms with Crippen molar-refractivity contribution >= 4 is 74.6 Å². The minimum Gasteiger partial charge on any atom is -0.462 e. The number of halogens is 1. The molecule has 1 aliphatic heterocycles. The molecule has 14 heteroatoms. The van der Waals surface area contributed by atoms with Gasteiger partial charge in [0.05, 0.1) is 58.3 Å². The second kappa shape index (κ2) is 26.5. The Bertz CT molecular complexity index is 2590. The number of benzene rings is 6. The maximum atomic E-state index is 12.0. The third-order valence-electron chi connectivity index (χ3n) is 11.6. The highest BCUT2D eigenvalue weighted by molar-refractivity contribution is 9.10. The molecular weight excluding hydrogens is 943 g/mol. The van der Waals surface area contributed by atoms with Crippen molar-refractivity contribution in [2.75, 3.05) is 51.2 Å². The molecule has 0 aliphatic carbocycles. The minimum atomic E-state index is -0.357.